The van der Waals surface area contributed by atoms with Crippen LogP contribution in [-0.4, -0.2) is 30.6 Å². The minimum absolute atomic E-state index is 0.0250. The molecule has 0 radical (unpaired) electrons. The maximum atomic E-state index is 13.1. The van der Waals surface area contributed by atoms with Crippen molar-refractivity contribution in [3.05, 3.63) is 104 Å². The number of aromatic amines is 2. The van der Waals surface area contributed by atoms with Gasteiger partial charge in [-0.15, -0.1) is 10.2 Å². The van der Waals surface area contributed by atoms with Crippen LogP contribution in [0, 0.1) is 0 Å². The molecular weight excluding hydrogens is 468 g/mol. The van der Waals surface area contributed by atoms with E-state index in [1.165, 1.54) is 5.56 Å². The molecule has 2 N–H and O–H groups in total. The Labute approximate surface area is 213 Å². The van der Waals surface area contributed by atoms with E-state index in [-0.39, 0.29) is 5.56 Å². The standard InChI is InChI=1S/C28H28N6OS/c1-2-3-8-25-24(28(35)30-26(29-25)14-11-20-15-16-36-18-20)17-19-9-12-21(13-10-19)22-6-4-5-7-23(22)27-31-33-34-32-27/h4-7,9-10,12-13,15-16,18H,2-3,8,11,14,17H2,1H3,(H,29,30,35)(H,31,32,33,34). The zero-order chi connectivity index (χ0) is 24.7. The van der Waals surface area contributed by atoms with Crippen LogP contribution in [0.1, 0.15) is 48.0 Å². The second-order valence-electron chi connectivity index (χ2n) is 8.83. The molecule has 0 spiro atoms. The first-order valence-electron chi connectivity index (χ1n) is 12.3. The van der Waals surface area contributed by atoms with E-state index in [0.717, 1.165) is 71.4 Å². The minimum Gasteiger partial charge on any atom is -0.310 e. The number of nitrogens with zero attached hydrogens (tertiary/aromatic N) is 4. The van der Waals surface area contributed by atoms with E-state index >= 15 is 0 Å². The van der Waals surface area contributed by atoms with Gasteiger partial charge in [-0.05, 0) is 63.6 Å². The SMILES string of the molecule is CCCCc1nc(CCc2ccsc2)[nH]c(=O)c1Cc1ccc(-c2ccccc2-c2nn[nH]n2)cc1. The fourth-order valence-electron chi connectivity index (χ4n) is 4.36. The Hall–Kier alpha value is -3.91. The molecular formula is C28H28N6OS. The molecule has 0 saturated heterocycles. The smallest absolute Gasteiger partial charge is 0.254 e. The van der Waals surface area contributed by atoms with Crippen molar-refractivity contribution in [2.24, 2.45) is 0 Å². The van der Waals surface area contributed by atoms with Crippen LogP contribution in [-0.2, 0) is 25.7 Å². The molecule has 0 amide bonds. The van der Waals surface area contributed by atoms with Gasteiger partial charge in [0.15, 0.2) is 0 Å². The Morgan fingerprint density at radius 3 is 2.47 bits per heavy atom. The second-order valence-corrected chi connectivity index (χ2v) is 9.61. The highest BCUT2D eigenvalue weighted by Gasteiger charge is 2.14. The number of tetrazole rings is 1. The number of unbranched alkanes of at least 4 members (excludes halogenated alkanes) is 1. The van der Waals surface area contributed by atoms with Crippen LogP contribution in [0.3, 0.4) is 0 Å². The van der Waals surface area contributed by atoms with Crippen molar-refractivity contribution in [3.63, 3.8) is 0 Å². The average Bonchev–Trinajstić information content (AvgIpc) is 3.63. The number of aryl methyl sites for hydroxylation is 3. The summed E-state index contributed by atoms with van der Waals surface area (Å²) in [5, 5.41) is 18.7. The van der Waals surface area contributed by atoms with E-state index < -0.39 is 0 Å². The molecule has 0 atom stereocenters. The summed E-state index contributed by atoms with van der Waals surface area (Å²) < 4.78 is 0. The molecule has 0 saturated carbocycles. The maximum Gasteiger partial charge on any atom is 0.254 e. The van der Waals surface area contributed by atoms with E-state index in [0.29, 0.717) is 12.2 Å². The van der Waals surface area contributed by atoms with Gasteiger partial charge < -0.3 is 4.98 Å². The number of benzene rings is 2. The number of thiophene rings is 1. The van der Waals surface area contributed by atoms with Crippen LogP contribution in [0.25, 0.3) is 22.5 Å². The average molecular weight is 497 g/mol. The summed E-state index contributed by atoms with van der Waals surface area (Å²) in [5.41, 5.74) is 7.03. The van der Waals surface area contributed by atoms with Crippen LogP contribution >= 0.6 is 11.3 Å². The van der Waals surface area contributed by atoms with Crippen LogP contribution in [0.15, 0.2) is 70.2 Å². The van der Waals surface area contributed by atoms with Gasteiger partial charge in [0.25, 0.3) is 5.56 Å². The van der Waals surface area contributed by atoms with Gasteiger partial charge in [0.1, 0.15) is 5.82 Å². The van der Waals surface area contributed by atoms with Gasteiger partial charge in [-0.2, -0.15) is 16.6 Å². The number of aromatic nitrogens is 6. The molecule has 3 heterocycles. The van der Waals surface area contributed by atoms with Gasteiger partial charge in [-0.25, -0.2) is 4.98 Å². The van der Waals surface area contributed by atoms with Gasteiger partial charge in [0.2, 0.25) is 5.82 Å². The number of H-pyrrole nitrogens is 2. The highest BCUT2D eigenvalue weighted by Crippen LogP contribution is 2.30. The van der Waals surface area contributed by atoms with Crippen molar-refractivity contribution in [2.75, 3.05) is 0 Å². The first-order chi connectivity index (χ1) is 17.7. The van der Waals surface area contributed by atoms with Crippen molar-refractivity contribution < 1.29 is 0 Å². The molecule has 0 fully saturated rings. The Morgan fingerprint density at radius 1 is 0.917 bits per heavy atom. The zero-order valence-electron chi connectivity index (χ0n) is 20.2. The molecule has 0 bridgehead atoms. The van der Waals surface area contributed by atoms with Crippen molar-refractivity contribution >= 4 is 11.3 Å². The van der Waals surface area contributed by atoms with E-state index in [1.807, 2.05) is 24.3 Å². The number of nitrogens with one attached hydrogen (secondary N) is 2. The fraction of sp³-hybridized carbons (Fsp3) is 0.250. The largest absolute Gasteiger partial charge is 0.310 e. The molecule has 0 aliphatic heterocycles. The quantitative estimate of drug-likeness (QED) is 0.270. The van der Waals surface area contributed by atoms with Crippen molar-refractivity contribution in [1.29, 1.82) is 0 Å². The number of hydrogen-bond donors (Lipinski definition) is 2. The van der Waals surface area contributed by atoms with Crippen LogP contribution < -0.4 is 5.56 Å². The topological polar surface area (TPSA) is 100 Å². The molecule has 5 rings (SSSR count). The predicted molar refractivity (Wildman–Crippen MR) is 143 cm³/mol. The third-order valence-corrected chi connectivity index (χ3v) is 7.04. The lowest BCUT2D eigenvalue weighted by atomic mass is 9.96. The predicted octanol–water partition coefficient (Wildman–Crippen LogP) is 5.40. The number of rotatable bonds is 10. The minimum atomic E-state index is -0.0250. The van der Waals surface area contributed by atoms with E-state index in [4.69, 9.17) is 4.98 Å². The van der Waals surface area contributed by atoms with Gasteiger partial charge in [0.05, 0.1) is 5.69 Å². The lowest BCUT2D eigenvalue weighted by molar-refractivity contribution is 0.736. The van der Waals surface area contributed by atoms with Gasteiger partial charge in [0, 0.05) is 24.0 Å². The molecule has 182 valence electrons. The molecule has 3 aromatic heterocycles. The zero-order valence-corrected chi connectivity index (χ0v) is 21.0. The Balaban J connectivity index is 1.38. The normalized spacial score (nSPS) is 11.1. The summed E-state index contributed by atoms with van der Waals surface area (Å²) in [7, 11) is 0. The van der Waals surface area contributed by atoms with Crippen molar-refractivity contribution in [1.82, 2.24) is 30.6 Å². The summed E-state index contributed by atoms with van der Waals surface area (Å²) in [6.07, 6.45) is 5.06. The summed E-state index contributed by atoms with van der Waals surface area (Å²) in [5.74, 6) is 1.33. The summed E-state index contributed by atoms with van der Waals surface area (Å²) in [4.78, 5) is 21.1. The monoisotopic (exact) mass is 496 g/mol. The van der Waals surface area contributed by atoms with Crippen molar-refractivity contribution in [3.8, 4) is 22.5 Å². The molecule has 0 aliphatic rings. The van der Waals surface area contributed by atoms with Gasteiger partial charge in [-0.3, -0.25) is 4.79 Å². The van der Waals surface area contributed by atoms with Crippen LogP contribution in [0.5, 0.6) is 0 Å². The summed E-state index contributed by atoms with van der Waals surface area (Å²) >= 11 is 1.69. The Bertz CT molecular complexity index is 1460. The number of hydrogen-bond acceptors (Lipinski definition) is 6. The van der Waals surface area contributed by atoms with Gasteiger partial charge in [-0.1, -0.05) is 61.9 Å². The van der Waals surface area contributed by atoms with E-state index in [1.54, 1.807) is 11.3 Å². The Morgan fingerprint density at radius 2 is 1.75 bits per heavy atom. The second kappa shape index (κ2) is 11.2. The third-order valence-electron chi connectivity index (χ3n) is 6.31. The molecule has 36 heavy (non-hydrogen) atoms. The van der Waals surface area contributed by atoms with E-state index in [9.17, 15) is 4.79 Å². The first kappa shape index (κ1) is 23.8. The fourth-order valence-corrected chi connectivity index (χ4v) is 5.06. The molecule has 8 heteroatoms. The van der Waals surface area contributed by atoms with Crippen molar-refractivity contribution in [2.45, 2.75) is 45.4 Å². The lowest BCUT2D eigenvalue weighted by Crippen LogP contribution is -2.21. The highest BCUT2D eigenvalue weighted by molar-refractivity contribution is 7.07. The van der Waals surface area contributed by atoms with Crippen LogP contribution in [0.4, 0.5) is 0 Å². The van der Waals surface area contributed by atoms with Gasteiger partial charge >= 0.3 is 0 Å². The first-order valence-corrected chi connectivity index (χ1v) is 13.2. The lowest BCUT2D eigenvalue weighted by Gasteiger charge is -2.12. The summed E-state index contributed by atoms with van der Waals surface area (Å²) in [6, 6.07) is 18.4. The third kappa shape index (κ3) is 5.49. The van der Waals surface area contributed by atoms with E-state index in [2.05, 4.69) is 73.6 Å². The highest BCUT2D eigenvalue weighted by atomic mass is 32.1. The Kier molecular flexibility index (Phi) is 7.42. The molecule has 0 unspecified atom stereocenters. The molecule has 7 nitrogen and oxygen atoms in total. The molecule has 2 aromatic carbocycles. The van der Waals surface area contributed by atoms with Crippen LogP contribution in [0.2, 0.25) is 0 Å². The molecule has 5 aromatic rings. The molecule has 0 aliphatic carbocycles. The maximum absolute atomic E-state index is 13.1. The summed E-state index contributed by atoms with van der Waals surface area (Å²) in [6.45, 7) is 2.16.